The quantitative estimate of drug-likeness (QED) is 0.930. The third-order valence-corrected chi connectivity index (χ3v) is 3.56. The van der Waals surface area contributed by atoms with Gasteiger partial charge >= 0.3 is 6.36 Å². The molecule has 0 fully saturated rings. The maximum absolute atomic E-state index is 12.1. The van der Waals surface area contributed by atoms with Crippen LogP contribution in [0.15, 0.2) is 42.5 Å². The Balaban J connectivity index is 1.59. The summed E-state index contributed by atoms with van der Waals surface area (Å²) in [5.74, 6) is 0.133. The Kier molecular flexibility index (Phi) is 4.33. The minimum Gasteiger partial charge on any atom is -0.493 e. The second-order valence-corrected chi connectivity index (χ2v) is 5.30. The molecule has 0 atom stereocenters. The Hall–Kier alpha value is -2.70. The third-order valence-electron chi connectivity index (χ3n) is 3.56. The maximum Gasteiger partial charge on any atom is 0.573 e. The van der Waals surface area contributed by atoms with Crippen LogP contribution in [0.5, 0.6) is 11.5 Å². The fraction of sp³-hybridized carbons (Fsp3) is 0.235. The van der Waals surface area contributed by atoms with Crippen molar-refractivity contribution in [2.24, 2.45) is 0 Å². The van der Waals surface area contributed by atoms with Crippen LogP contribution < -0.4 is 14.8 Å². The highest BCUT2D eigenvalue weighted by molar-refractivity contribution is 5.94. The number of hydrogen-bond acceptors (Lipinski definition) is 3. The summed E-state index contributed by atoms with van der Waals surface area (Å²) in [6, 6.07) is 10.5. The van der Waals surface area contributed by atoms with Crippen molar-refractivity contribution in [2.45, 2.75) is 19.3 Å². The van der Waals surface area contributed by atoms with Crippen LogP contribution >= 0.6 is 0 Å². The topological polar surface area (TPSA) is 47.6 Å². The molecule has 126 valence electrons. The molecule has 0 aromatic heterocycles. The summed E-state index contributed by atoms with van der Waals surface area (Å²) in [4.78, 5) is 12.0. The normalized spacial score (nSPS) is 13.1. The number of halogens is 3. The second kappa shape index (κ2) is 6.43. The van der Waals surface area contributed by atoms with Gasteiger partial charge in [-0.3, -0.25) is 4.79 Å². The average Bonchev–Trinajstić information content (AvgIpc) is 2.99. The molecule has 0 saturated carbocycles. The molecule has 4 nitrogen and oxygen atoms in total. The lowest BCUT2D eigenvalue weighted by Gasteiger charge is -2.10. The third kappa shape index (κ3) is 3.98. The van der Waals surface area contributed by atoms with E-state index in [0.717, 1.165) is 35.4 Å². The van der Waals surface area contributed by atoms with Gasteiger partial charge in [0.2, 0.25) is 0 Å². The maximum atomic E-state index is 12.1. The van der Waals surface area contributed by atoms with Gasteiger partial charge in [0, 0.05) is 18.5 Å². The highest BCUT2D eigenvalue weighted by Crippen LogP contribution is 2.26. The zero-order chi connectivity index (χ0) is 17.2. The summed E-state index contributed by atoms with van der Waals surface area (Å²) in [6.45, 7) is 0.990. The Labute approximate surface area is 136 Å². The molecule has 1 aliphatic rings. The Morgan fingerprint density at radius 3 is 2.62 bits per heavy atom. The number of nitrogens with one attached hydrogen (secondary N) is 1. The summed E-state index contributed by atoms with van der Waals surface area (Å²) in [5.41, 5.74) is 2.30. The Bertz CT molecular complexity index is 742. The van der Waals surface area contributed by atoms with Crippen LogP contribution in [-0.2, 0) is 13.0 Å². The molecule has 0 radical (unpaired) electrons. The number of benzene rings is 2. The number of rotatable bonds is 4. The standard InChI is InChI=1S/C17H14F3NO3/c18-17(19,20)24-14-4-2-12(3-5-14)16(22)21-10-11-1-6-15-13(9-11)7-8-23-15/h1-6,9H,7-8,10H2,(H,21,22). The first-order chi connectivity index (χ1) is 11.4. The van der Waals surface area contributed by atoms with Gasteiger partial charge in [0.25, 0.3) is 5.91 Å². The Morgan fingerprint density at radius 2 is 1.92 bits per heavy atom. The van der Waals surface area contributed by atoms with Crippen LogP contribution in [0.2, 0.25) is 0 Å². The van der Waals surface area contributed by atoms with Gasteiger partial charge in [-0.25, -0.2) is 0 Å². The van der Waals surface area contributed by atoms with Gasteiger partial charge in [-0.1, -0.05) is 12.1 Å². The number of carbonyl (C=O) groups is 1. The van der Waals surface area contributed by atoms with E-state index in [-0.39, 0.29) is 17.2 Å². The van der Waals surface area contributed by atoms with E-state index in [4.69, 9.17) is 4.74 Å². The van der Waals surface area contributed by atoms with Crippen molar-refractivity contribution in [3.8, 4) is 11.5 Å². The second-order valence-electron chi connectivity index (χ2n) is 5.30. The van der Waals surface area contributed by atoms with E-state index in [0.29, 0.717) is 13.2 Å². The van der Waals surface area contributed by atoms with E-state index in [2.05, 4.69) is 10.1 Å². The SMILES string of the molecule is O=C(NCc1ccc2c(c1)CCO2)c1ccc(OC(F)(F)F)cc1. The monoisotopic (exact) mass is 337 g/mol. The molecule has 2 aromatic carbocycles. The summed E-state index contributed by atoms with van der Waals surface area (Å²) in [7, 11) is 0. The minimum atomic E-state index is -4.75. The summed E-state index contributed by atoms with van der Waals surface area (Å²) in [6.07, 6.45) is -3.90. The molecule has 0 unspecified atom stereocenters. The molecular formula is C17H14F3NO3. The van der Waals surface area contributed by atoms with Crippen molar-refractivity contribution >= 4 is 5.91 Å². The van der Waals surface area contributed by atoms with Crippen molar-refractivity contribution in [1.82, 2.24) is 5.32 Å². The molecule has 1 N–H and O–H groups in total. The van der Waals surface area contributed by atoms with E-state index in [1.54, 1.807) is 0 Å². The van der Waals surface area contributed by atoms with Crippen LogP contribution in [0, 0.1) is 0 Å². The molecule has 2 aromatic rings. The van der Waals surface area contributed by atoms with Crippen LogP contribution in [0.3, 0.4) is 0 Å². The van der Waals surface area contributed by atoms with Crippen molar-refractivity contribution in [3.63, 3.8) is 0 Å². The first-order valence-electron chi connectivity index (χ1n) is 7.29. The highest BCUT2D eigenvalue weighted by Gasteiger charge is 2.31. The lowest BCUT2D eigenvalue weighted by molar-refractivity contribution is -0.274. The molecule has 0 bridgehead atoms. The highest BCUT2D eigenvalue weighted by atomic mass is 19.4. The zero-order valence-corrected chi connectivity index (χ0v) is 12.5. The van der Waals surface area contributed by atoms with Gasteiger partial charge in [0.1, 0.15) is 11.5 Å². The van der Waals surface area contributed by atoms with Gasteiger partial charge in [-0.05, 0) is 41.5 Å². The molecule has 7 heteroatoms. The number of amides is 1. The molecular weight excluding hydrogens is 323 g/mol. The number of hydrogen-bond donors (Lipinski definition) is 1. The van der Waals surface area contributed by atoms with Gasteiger partial charge in [0.15, 0.2) is 0 Å². The largest absolute Gasteiger partial charge is 0.573 e. The van der Waals surface area contributed by atoms with Crippen molar-refractivity contribution in [3.05, 3.63) is 59.2 Å². The lowest BCUT2D eigenvalue weighted by Crippen LogP contribution is -2.23. The zero-order valence-electron chi connectivity index (χ0n) is 12.5. The summed E-state index contributed by atoms with van der Waals surface area (Å²) in [5, 5.41) is 2.73. The van der Waals surface area contributed by atoms with Gasteiger partial charge in [0.05, 0.1) is 6.61 Å². The predicted molar refractivity (Wildman–Crippen MR) is 79.9 cm³/mol. The average molecular weight is 337 g/mol. The first-order valence-corrected chi connectivity index (χ1v) is 7.29. The molecule has 1 heterocycles. The number of ether oxygens (including phenoxy) is 2. The number of alkyl halides is 3. The van der Waals surface area contributed by atoms with Crippen molar-refractivity contribution in [2.75, 3.05) is 6.61 Å². The molecule has 0 aliphatic carbocycles. The molecule has 0 saturated heterocycles. The van der Waals surface area contributed by atoms with Crippen molar-refractivity contribution in [1.29, 1.82) is 0 Å². The smallest absolute Gasteiger partial charge is 0.493 e. The lowest BCUT2D eigenvalue weighted by atomic mass is 10.1. The predicted octanol–water partition coefficient (Wildman–Crippen LogP) is 3.45. The van der Waals surface area contributed by atoms with Gasteiger partial charge in [-0.15, -0.1) is 13.2 Å². The van der Waals surface area contributed by atoms with E-state index >= 15 is 0 Å². The number of carbonyl (C=O) groups excluding carboxylic acids is 1. The molecule has 1 aliphatic heterocycles. The van der Waals surface area contributed by atoms with Gasteiger partial charge < -0.3 is 14.8 Å². The summed E-state index contributed by atoms with van der Waals surface area (Å²) >= 11 is 0. The number of fused-ring (bicyclic) bond motifs is 1. The molecule has 0 spiro atoms. The van der Waals surface area contributed by atoms with Gasteiger partial charge in [-0.2, -0.15) is 0 Å². The van der Waals surface area contributed by atoms with E-state index < -0.39 is 6.36 Å². The molecule has 24 heavy (non-hydrogen) atoms. The van der Waals surface area contributed by atoms with E-state index in [1.165, 1.54) is 12.1 Å². The fourth-order valence-electron chi connectivity index (χ4n) is 2.44. The van der Waals surface area contributed by atoms with E-state index in [9.17, 15) is 18.0 Å². The minimum absolute atomic E-state index is 0.258. The summed E-state index contributed by atoms with van der Waals surface area (Å²) < 4.78 is 45.5. The molecule has 3 rings (SSSR count). The van der Waals surface area contributed by atoms with Crippen molar-refractivity contribution < 1.29 is 27.4 Å². The van der Waals surface area contributed by atoms with Crippen LogP contribution in [-0.4, -0.2) is 18.9 Å². The van der Waals surface area contributed by atoms with Crippen LogP contribution in [0.25, 0.3) is 0 Å². The molecule has 1 amide bonds. The fourth-order valence-corrected chi connectivity index (χ4v) is 2.44. The van der Waals surface area contributed by atoms with E-state index in [1.807, 2.05) is 18.2 Å². The van der Waals surface area contributed by atoms with Crippen LogP contribution in [0.1, 0.15) is 21.5 Å². The van der Waals surface area contributed by atoms with Crippen LogP contribution in [0.4, 0.5) is 13.2 Å². The Morgan fingerprint density at radius 1 is 1.17 bits per heavy atom. The first kappa shape index (κ1) is 16.2.